The van der Waals surface area contributed by atoms with Crippen LogP contribution in [0.15, 0.2) is 23.1 Å². The Morgan fingerprint density at radius 3 is 2.41 bits per heavy atom. The van der Waals surface area contributed by atoms with E-state index in [4.69, 9.17) is 0 Å². The van der Waals surface area contributed by atoms with Gasteiger partial charge in [0.1, 0.15) is 5.82 Å². The molecule has 0 fully saturated rings. The fourth-order valence-electron chi connectivity index (χ4n) is 1.34. The summed E-state index contributed by atoms with van der Waals surface area (Å²) in [6, 6.07) is 3.58. The van der Waals surface area contributed by atoms with E-state index in [9.17, 15) is 18.2 Å². The number of nitrogens with zero attached hydrogens (tertiary/aromatic N) is 1. The van der Waals surface area contributed by atoms with Crippen molar-refractivity contribution in [1.29, 1.82) is 0 Å². The average molecular weight is 257 g/mol. The molecule has 0 saturated carbocycles. The summed E-state index contributed by atoms with van der Waals surface area (Å²) < 4.78 is 24.6. The average Bonchev–Trinajstić information content (AvgIpc) is 2.26. The molecule has 0 N–H and O–H groups in total. The highest BCUT2D eigenvalue weighted by Gasteiger charge is 2.20. The van der Waals surface area contributed by atoms with Crippen LogP contribution in [0.25, 0.3) is 0 Å². The Kier molecular flexibility index (Phi) is 4.11. The molecular formula is C11H12FNO3S. The second-order valence-corrected chi connectivity index (χ2v) is 4.83. The van der Waals surface area contributed by atoms with Crippen molar-refractivity contribution in [1.82, 2.24) is 0 Å². The lowest BCUT2D eigenvalue weighted by molar-refractivity contribution is -0.134. The van der Waals surface area contributed by atoms with Crippen molar-refractivity contribution < 1.29 is 18.2 Å². The molecule has 4 nitrogen and oxygen atoms in total. The van der Waals surface area contributed by atoms with Crippen molar-refractivity contribution in [2.45, 2.75) is 11.8 Å². The van der Waals surface area contributed by atoms with Crippen molar-refractivity contribution >= 4 is 28.2 Å². The molecule has 17 heavy (non-hydrogen) atoms. The third kappa shape index (κ3) is 2.97. The number of ketones is 1. The van der Waals surface area contributed by atoms with Crippen LogP contribution < -0.4 is 4.90 Å². The van der Waals surface area contributed by atoms with E-state index in [1.165, 1.54) is 19.4 Å². The van der Waals surface area contributed by atoms with Crippen LogP contribution in [-0.2, 0) is 20.4 Å². The summed E-state index contributed by atoms with van der Waals surface area (Å²) in [5.74, 6) is -2.00. The van der Waals surface area contributed by atoms with Crippen LogP contribution in [0.4, 0.5) is 10.1 Å². The Morgan fingerprint density at radius 1 is 1.35 bits per heavy atom. The molecule has 6 heteroatoms. The Morgan fingerprint density at radius 2 is 1.94 bits per heavy atom. The molecule has 1 atom stereocenters. The highest BCUT2D eigenvalue weighted by atomic mass is 32.2. The number of halogens is 1. The molecule has 0 aliphatic rings. The number of amides is 1. The molecule has 92 valence electrons. The lowest BCUT2D eigenvalue weighted by Crippen LogP contribution is -2.32. The van der Waals surface area contributed by atoms with Gasteiger partial charge in [0.2, 0.25) is 5.78 Å². The van der Waals surface area contributed by atoms with Gasteiger partial charge in [-0.25, -0.2) is 4.39 Å². The SMILES string of the molecule is CC(=O)C(=O)N(C)c1cc(F)ccc1S(C)=O. The molecule has 0 spiro atoms. The van der Waals surface area contributed by atoms with E-state index in [0.717, 1.165) is 24.0 Å². The van der Waals surface area contributed by atoms with E-state index in [1.54, 1.807) is 0 Å². The van der Waals surface area contributed by atoms with Crippen molar-refractivity contribution in [3.05, 3.63) is 24.0 Å². The molecule has 1 rings (SSSR count). The zero-order valence-corrected chi connectivity index (χ0v) is 10.5. The number of hydrogen-bond acceptors (Lipinski definition) is 3. The molecular weight excluding hydrogens is 245 g/mol. The molecule has 1 unspecified atom stereocenters. The molecule has 0 saturated heterocycles. The number of benzene rings is 1. The first kappa shape index (κ1) is 13.5. The minimum Gasteiger partial charge on any atom is -0.308 e. The monoisotopic (exact) mass is 257 g/mol. The Hall–Kier alpha value is -1.56. The van der Waals surface area contributed by atoms with E-state index >= 15 is 0 Å². The van der Waals surface area contributed by atoms with Gasteiger partial charge < -0.3 is 4.90 Å². The van der Waals surface area contributed by atoms with Crippen molar-refractivity contribution in [3.8, 4) is 0 Å². The van der Waals surface area contributed by atoms with Crippen LogP contribution in [0.2, 0.25) is 0 Å². The zero-order valence-electron chi connectivity index (χ0n) is 9.69. The second kappa shape index (κ2) is 5.18. The number of rotatable bonds is 3. The van der Waals surface area contributed by atoms with Crippen molar-refractivity contribution in [3.63, 3.8) is 0 Å². The molecule has 0 heterocycles. The molecule has 0 aliphatic heterocycles. The standard InChI is InChI=1S/C11H12FNO3S/c1-7(14)11(15)13(2)9-6-8(12)4-5-10(9)17(3)16/h4-6H,1-3H3. The number of hydrogen-bond donors (Lipinski definition) is 0. The summed E-state index contributed by atoms with van der Waals surface area (Å²) in [5, 5.41) is 0. The maximum atomic E-state index is 13.1. The predicted octanol–water partition coefficient (Wildman–Crippen LogP) is 1.11. The Labute approximate surface area is 101 Å². The topological polar surface area (TPSA) is 54.5 Å². The lowest BCUT2D eigenvalue weighted by Gasteiger charge is -2.18. The summed E-state index contributed by atoms with van der Waals surface area (Å²) >= 11 is 0. The van der Waals surface area contributed by atoms with Gasteiger partial charge in [-0.1, -0.05) is 0 Å². The molecule has 1 aromatic carbocycles. The summed E-state index contributed by atoms with van der Waals surface area (Å²) in [6.45, 7) is 1.13. The minimum absolute atomic E-state index is 0.144. The summed E-state index contributed by atoms with van der Waals surface area (Å²) in [6.07, 6.45) is 1.42. The van der Waals surface area contributed by atoms with Crippen LogP contribution in [0.5, 0.6) is 0 Å². The van der Waals surface area contributed by atoms with Gasteiger partial charge in [0.25, 0.3) is 5.91 Å². The van der Waals surface area contributed by atoms with Gasteiger partial charge >= 0.3 is 0 Å². The lowest BCUT2D eigenvalue weighted by atomic mass is 10.2. The molecule has 0 aliphatic carbocycles. The number of carbonyl (C=O) groups excluding carboxylic acids is 2. The third-order valence-electron chi connectivity index (χ3n) is 2.20. The van der Waals surface area contributed by atoms with E-state index in [0.29, 0.717) is 4.90 Å². The number of anilines is 1. The zero-order chi connectivity index (χ0) is 13.2. The van der Waals surface area contributed by atoms with E-state index < -0.39 is 28.3 Å². The number of Topliss-reactive ketones (excluding diaryl/α,β-unsaturated/α-hetero) is 1. The summed E-state index contributed by atoms with van der Waals surface area (Å²) in [5.41, 5.74) is 0.144. The third-order valence-corrected chi connectivity index (χ3v) is 3.16. The van der Waals surface area contributed by atoms with Crippen LogP contribution in [0.3, 0.4) is 0 Å². The van der Waals surface area contributed by atoms with E-state index in [1.807, 2.05) is 0 Å². The fraction of sp³-hybridized carbons (Fsp3) is 0.273. The quantitative estimate of drug-likeness (QED) is 0.762. The first-order valence-corrected chi connectivity index (χ1v) is 6.32. The largest absolute Gasteiger partial charge is 0.308 e. The van der Waals surface area contributed by atoms with Gasteiger partial charge in [0.15, 0.2) is 0 Å². The van der Waals surface area contributed by atoms with Gasteiger partial charge in [0.05, 0.1) is 21.4 Å². The smallest absolute Gasteiger partial charge is 0.293 e. The molecule has 0 bridgehead atoms. The highest BCUT2D eigenvalue weighted by Crippen LogP contribution is 2.23. The van der Waals surface area contributed by atoms with Gasteiger partial charge in [-0.2, -0.15) is 0 Å². The molecule has 0 aromatic heterocycles. The molecule has 1 amide bonds. The van der Waals surface area contributed by atoms with Gasteiger partial charge in [-0.15, -0.1) is 0 Å². The normalized spacial score (nSPS) is 12.0. The molecule has 0 radical (unpaired) electrons. The Bertz CT molecular complexity index is 501. The van der Waals surface area contributed by atoms with E-state index in [-0.39, 0.29) is 5.69 Å². The van der Waals surface area contributed by atoms with E-state index in [2.05, 4.69) is 0 Å². The second-order valence-electron chi connectivity index (χ2n) is 3.49. The maximum absolute atomic E-state index is 13.1. The molecule has 1 aromatic rings. The van der Waals surface area contributed by atoms with Gasteiger partial charge in [-0.05, 0) is 18.2 Å². The van der Waals surface area contributed by atoms with Gasteiger partial charge in [0, 0.05) is 20.2 Å². The summed E-state index contributed by atoms with van der Waals surface area (Å²) in [7, 11) is -0.0288. The van der Waals surface area contributed by atoms with Crippen LogP contribution in [-0.4, -0.2) is 29.2 Å². The van der Waals surface area contributed by atoms with Crippen LogP contribution in [0.1, 0.15) is 6.92 Å². The fourth-order valence-corrected chi connectivity index (χ4v) is 2.09. The first-order valence-electron chi connectivity index (χ1n) is 4.76. The van der Waals surface area contributed by atoms with Crippen LogP contribution >= 0.6 is 0 Å². The maximum Gasteiger partial charge on any atom is 0.293 e. The number of likely N-dealkylation sites (N-methyl/N-ethyl adjacent to an activating group) is 1. The van der Waals surface area contributed by atoms with Crippen LogP contribution in [0, 0.1) is 5.82 Å². The first-order chi connectivity index (χ1) is 7.84. The minimum atomic E-state index is -1.37. The number of carbonyl (C=O) groups is 2. The van der Waals surface area contributed by atoms with Crippen molar-refractivity contribution in [2.24, 2.45) is 0 Å². The Balaban J connectivity index is 3.28. The van der Waals surface area contributed by atoms with Crippen molar-refractivity contribution in [2.75, 3.05) is 18.2 Å². The van der Waals surface area contributed by atoms with Gasteiger partial charge in [-0.3, -0.25) is 13.8 Å². The predicted molar refractivity (Wildman–Crippen MR) is 62.8 cm³/mol. The summed E-state index contributed by atoms with van der Waals surface area (Å²) in [4.78, 5) is 23.8. The highest BCUT2D eigenvalue weighted by molar-refractivity contribution is 7.84.